The fourth-order valence-corrected chi connectivity index (χ4v) is 3.74. The monoisotopic (exact) mass is 388 g/mol. The largest absolute Gasteiger partial charge is 0.493 e. The minimum atomic E-state index is -0.723. The Balaban J connectivity index is 2.01. The Hall–Kier alpha value is -3.03. The summed E-state index contributed by atoms with van der Waals surface area (Å²) in [7, 11) is 4.43. The molecule has 0 bridgehead atoms. The number of methoxy groups -OCH3 is 3. The van der Waals surface area contributed by atoms with Gasteiger partial charge in [-0.3, -0.25) is 19.8 Å². The summed E-state index contributed by atoms with van der Waals surface area (Å²) in [5.74, 6) is -0.171. The van der Waals surface area contributed by atoms with Crippen LogP contribution < -0.4 is 19.5 Å². The lowest BCUT2D eigenvalue weighted by molar-refractivity contribution is -0.132. The van der Waals surface area contributed by atoms with Crippen LogP contribution in [0.5, 0.6) is 17.2 Å². The van der Waals surface area contributed by atoms with E-state index in [-0.39, 0.29) is 11.6 Å². The van der Waals surface area contributed by atoms with Gasteiger partial charge in [0.1, 0.15) is 5.57 Å². The van der Waals surface area contributed by atoms with E-state index in [4.69, 9.17) is 14.2 Å². The van der Waals surface area contributed by atoms with E-state index in [1.165, 1.54) is 32.3 Å². The number of urea groups is 1. The molecular formula is C20H24N2O6. The summed E-state index contributed by atoms with van der Waals surface area (Å²) in [5.41, 5.74) is 0.354. The van der Waals surface area contributed by atoms with E-state index in [1.807, 2.05) is 0 Å². The van der Waals surface area contributed by atoms with Gasteiger partial charge in [-0.1, -0.05) is 19.3 Å². The van der Waals surface area contributed by atoms with Gasteiger partial charge in [0.25, 0.3) is 11.8 Å². The average Bonchev–Trinajstić information content (AvgIpc) is 2.70. The number of carbonyl (C=O) groups excluding carboxylic acids is 3. The molecule has 3 rings (SSSR count). The first-order chi connectivity index (χ1) is 13.5. The summed E-state index contributed by atoms with van der Waals surface area (Å²) in [5, 5.41) is 2.28. The van der Waals surface area contributed by atoms with Gasteiger partial charge < -0.3 is 14.2 Å². The van der Waals surface area contributed by atoms with Crippen molar-refractivity contribution in [2.24, 2.45) is 0 Å². The van der Waals surface area contributed by atoms with E-state index in [1.54, 1.807) is 12.1 Å². The molecule has 150 valence electrons. The van der Waals surface area contributed by atoms with Crippen LogP contribution in [0.2, 0.25) is 0 Å². The third kappa shape index (κ3) is 3.54. The number of hydrogen-bond acceptors (Lipinski definition) is 6. The van der Waals surface area contributed by atoms with Crippen LogP contribution in [-0.2, 0) is 9.59 Å². The molecule has 0 unspecified atom stereocenters. The highest BCUT2D eigenvalue weighted by Crippen LogP contribution is 2.41. The van der Waals surface area contributed by atoms with Crippen molar-refractivity contribution in [2.45, 2.75) is 38.1 Å². The van der Waals surface area contributed by atoms with E-state index < -0.39 is 17.8 Å². The molecule has 2 fully saturated rings. The number of benzene rings is 1. The Morgan fingerprint density at radius 1 is 0.964 bits per heavy atom. The summed E-state index contributed by atoms with van der Waals surface area (Å²) >= 11 is 0. The van der Waals surface area contributed by atoms with Crippen LogP contribution in [0.1, 0.15) is 37.7 Å². The van der Waals surface area contributed by atoms with Gasteiger partial charge >= 0.3 is 6.03 Å². The Morgan fingerprint density at radius 2 is 1.64 bits per heavy atom. The number of nitrogens with zero attached hydrogens (tertiary/aromatic N) is 1. The Labute approximate surface area is 163 Å². The normalized spacial score (nSPS) is 19.6. The molecule has 1 aromatic carbocycles. The van der Waals surface area contributed by atoms with Crippen molar-refractivity contribution in [3.63, 3.8) is 0 Å². The lowest BCUT2D eigenvalue weighted by atomic mass is 9.93. The standard InChI is InChI=1S/C20H24N2O6/c1-26-15-10-9-12(16(27-2)17(15)28-3)11-14-18(23)21-20(25)22(19(14)24)13-7-5-4-6-8-13/h9-11,13H,4-8H2,1-3H3,(H,21,23,25)/b14-11-. The predicted octanol–water partition coefficient (Wildman–Crippen LogP) is 2.51. The molecule has 4 amide bonds. The number of barbiturate groups is 1. The van der Waals surface area contributed by atoms with Gasteiger partial charge in [0.15, 0.2) is 11.5 Å². The fourth-order valence-electron chi connectivity index (χ4n) is 3.74. The second-order valence-corrected chi connectivity index (χ2v) is 6.71. The van der Waals surface area contributed by atoms with Crippen LogP contribution >= 0.6 is 0 Å². The predicted molar refractivity (Wildman–Crippen MR) is 101 cm³/mol. The molecule has 1 N–H and O–H groups in total. The number of nitrogens with one attached hydrogen (secondary N) is 1. The zero-order chi connectivity index (χ0) is 20.3. The van der Waals surface area contributed by atoms with Crippen molar-refractivity contribution in [3.8, 4) is 17.2 Å². The van der Waals surface area contributed by atoms with Crippen LogP contribution in [0.15, 0.2) is 17.7 Å². The van der Waals surface area contributed by atoms with E-state index in [2.05, 4.69) is 5.32 Å². The molecule has 2 aliphatic rings. The molecule has 1 aromatic rings. The Morgan fingerprint density at radius 3 is 2.25 bits per heavy atom. The first kappa shape index (κ1) is 19.7. The molecule has 1 aliphatic carbocycles. The van der Waals surface area contributed by atoms with Crippen molar-refractivity contribution < 1.29 is 28.6 Å². The number of amides is 4. The van der Waals surface area contributed by atoms with Crippen molar-refractivity contribution in [2.75, 3.05) is 21.3 Å². The van der Waals surface area contributed by atoms with Crippen molar-refractivity contribution in [1.82, 2.24) is 10.2 Å². The second kappa shape index (κ2) is 8.33. The fraction of sp³-hybridized carbons (Fsp3) is 0.450. The van der Waals surface area contributed by atoms with Gasteiger partial charge in [-0.25, -0.2) is 4.79 Å². The quantitative estimate of drug-likeness (QED) is 0.615. The number of hydrogen-bond donors (Lipinski definition) is 1. The lowest BCUT2D eigenvalue weighted by Crippen LogP contribution is -2.58. The SMILES string of the molecule is COc1ccc(/C=C2/C(=O)NC(=O)N(C3CCCCC3)C2=O)c(OC)c1OC. The van der Waals surface area contributed by atoms with Crippen LogP contribution in [0.4, 0.5) is 4.79 Å². The summed E-state index contributed by atoms with van der Waals surface area (Å²) < 4.78 is 16.0. The van der Waals surface area contributed by atoms with Crippen LogP contribution in [-0.4, -0.2) is 50.1 Å². The maximum atomic E-state index is 13.0. The average molecular weight is 388 g/mol. The highest BCUT2D eigenvalue weighted by atomic mass is 16.5. The topological polar surface area (TPSA) is 94.2 Å². The molecule has 1 saturated heterocycles. The van der Waals surface area contributed by atoms with Crippen LogP contribution in [0.25, 0.3) is 6.08 Å². The van der Waals surface area contributed by atoms with E-state index in [0.29, 0.717) is 22.8 Å². The van der Waals surface area contributed by atoms with Gasteiger partial charge in [-0.05, 0) is 31.1 Å². The lowest BCUT2D eigenvalue weighted by Gasteiger charge is -2.35. The highest BCUT2D eigenvalue weighted by Gasteiger charge is 2.40. The Bertz CT molecular complexity index is 826. The zero-order valence-corrected chi connectivity index (χ0v) is 16.2. The molecule has 1 heterocycles. The van der Waals surface area contributed by atoms with E-state index >= 15 is 0 Å². The van der Waals surface area contributed by atoms with Gasteiger partial charge in [-0.15, -0.1) is 0 Å². The molecular weight excluding hydrogens is 364 g/mol. The van der Waals surface area contributed by atoms with Crippen LogP contribution in [0.3, 0.4) is 0 Å². The maximum Gasteiger partial charge on any atom is 0.331 e. The molecule has 28 heavy (non-hydrogen) atoms. The van der Waals surface area contributed by atoms with Crippen molar-refractivity contribution in [1.29, 1.82) is 0 Å². The summed E-state index contributed by atoms with van der Waals surface area (Å²) in [6.07, 6.45) is 5.92. The maximum absolute atomic E-state index is 13.0. The smallest absolute Gasteiger partial charge is 0.331 e. The number of rotatable bonds is 5. The second-order valence-electron chi connectivity index (χ2n) is 6.71. The number of ether oxygens (including phenoxy) is 3. The molecule has 1 saturated carbocycles. The zero-order valence-electron chi connectivity index (χ0n) is 16.2. The minimum absolute atomic E-state index is 0.115. The van der Waals surface area contributed by atoms with Gasteiger partial charge in [0.05, 0.1) is 21.3 Å². The molecule has 8 heteroatoms. The number of imide groups is 2. The molecule has 1 aliphatic heterocycles. The number of carbonyl (C=O) groups is 3. The highest BCUT2D eigenvalue weighted by molar-refractivity contribution is 6.31. The van der Waals surface area contributed by atoms with Crippen molar-refractivity contribution in [3.05, 3.63) is 23.3 Å². The molecule has 0 atom stereocenters. The Kier molecular flexibility index (Phi) is 5.87. The molecule has 8 nitrogen and oxygen atoms in total. The molecule has 0 radical (unpaired) electrons. The van der Waals surface area contributed by atoms with Gasteiger partial charge in [0, 0.05) is 11.6 Å². The minimum Gasteiger partial charge on any atom is -0.493 e. The van der Waals surface area contributed by atoms with Gasteiger partial charge in [-0.2, -0.15) is 0 Å². The summed E-state index contributed by atoms with van der Waals surface area (Å²) in [6, 6.07) is 2.47. The third-order valence-electron chi connectivity index (χ3n) is 5.11. The molecule has 0 aromatic heterocycles. The summed E-state index contributed by atoms with van der Waals surface area (Å²) in [6.45, 7) is 0. The molecule has 0 spiro atoms. The van der Waals surface area contributed by atoms with E-state index in [9.17, 15) is 14.4 Å². The first-order valence-corrected chi connectivity index (χ1v) is 9.21. The van der Waals surface area contributed by atoms with Gasteiger partial charge in [0.2, 0.25) is 5.75 Å². The third-order valence-corrected chi connectivity index (χ3v) is 5.11. The van der Waals surface area contributed by atoms with Crippen LogP contribution in [0, 0.1) is 0 Å². The van der Waals surface area contributed by atoms with E-state index in [0.717, 1.165) is 32.1 Å². The summed E-state index contributed by atoms with van der Waals surface area (Å²) in [4.78, 5) is 38.9. The van der Waals surface area contributed by atoms with Crippen molar-refractivity contribution >= 4 is 23.9 Å². The first-order valence-electron chi connectivity index (χ1n) is 9.21.